The number of anilines is 1. The third kappa shape index (κ3) is 5.40. The van der Waals surface area contributed by atoms with Gasteiger partial charge < -0.3 is 9.47 Å². The zero-order valence-corrected chi connectivity index (χ0v) is 23.8. The summed E-state index contributed by atoms with van der Waals surface area (Å²) in [5.41, 5.74) is 4.91. The van der Waals surface area contributed by atoms with Crippen LogP contribution in [0.1, 0.15) is 75.2 Å². The predicted octanol–water partition coefficient (Wildman–Crippen LogP) is 7.68. The lowest BCUT2D eigenvalue weighted by atomic mass is 9.73. The van der Waals surface area contributed by atoms with Crippen molar-refractivity contribution in [3.8, 4) is 5.75 Å². The van der Waals surface area contributed by atoms with E-state index in [-0.39, 0.29) is 17.9 Å². The van der Waals surface area contributed by atoms with Crippen molar-refractivity contribution < 1.29 is 14.3 Å². The number of pyridine rings is 1. The molecule has 0 aliphatic carbocycles. The third-order valence-electron chi connectivity index (χ3n) is 8.63. The van der Waals surface area contributed by atoms with Crippen LogP contribution in [-0.4, -0.2) is 42.2 Å². The number of piperidine rings is 3. The molecule has 3 aromatic rings. The number of hydrogen-bond donors (Lipinski definition) is 1. The largest absolute Gasteiger partial charge is 0.497 e. The number of benzene rings is 2. The molecule has 1 aromatic heterocycles. The van der Waals surface area contributed by atoms with E-state index in [2.05, 4.69) is 73.7 Å². The van der Waals surface area contributed by atoms with Gasteiger partial charge >= 0.3 is 6.09 Å². The first-order valence-corrected chi connectivity index (χ1v) is 14.2. The number of carbonyl (C=O) groups is 1. The lowest BCUT2D eigenvalue weighted by molar-refractivity contribution is -0.0473. The molecule has 1 N–H and O–H groups in total. The number of ether oxygens (including phenoxy) is 2. The number of nitrogens with zero attached hydrogens (tertiary/aromatic N) is 2. The molecule has 39 heavy (non-hydrogen) atoms. The molecule has 3 saturated heterocycles. The van der Waals surface area contributed by atoms with Gasteiger partial charge in [0, 0.05) is 23.7 Å². The number of methoxy groups -OCH3 is 1. The summed E-state index contributed by atoms with van der Waals surface area (Å²) in [4.78, 5) is 20.8. The summed E-state index contributed by atoms with van der Waals surface area (Å²) in [7, 11) is 1.67. The van der Waals surface area contributed by atoms with Gasteiger partial charge in [-0.15, -0.1) is 6.58 Å². The Labute approximate surface area is 232 Å². The van der Waals surface area contributed by atoms with Crippen molar-refractivity contribution in [3.63, 3.8) is 0 Å². The Bertz CT molecular complexity index is 1330. The van der Waals surface area contributed by atoms with Crippen molar-refractivity contribution >= 4 is 22.7 Å². The predicted molar refractivity (Wildman–Crippen MR) is 158 cm³/mol. The first kappa shape index (κ1) is 27.2. The minimum Gasteiger partial charge on any atom is -0.497 e. The van der Waals surface area contributed by atoms with Crippen molar-refractivity contribution in [2.24, 2.45) is 11.8 Å². The molecule has 6 nitrogen and oxygen atoms in total. The quantitative estimate of drug-likeness (QED) is 0.305. The maximum absolute atomic E-state index is 13.8. The van der Waals surface area contributed by atoms with Gasteiger partial charge in [-0.2, -0.15) is 0 Å². The highest BCUT2D eigenvalue weighted by molar-refractivity contribution is 5.88. The smallest absolute Gasteiger partial charge is 0.412 e. The summed E-state index contributed by atoms with van der Waals surface area (Å²) in [6.45, 7) is 14.6. The van der Waals surface area contributed by atoms with Gasteiger partial charge in [0.25, 0.3) is 0 Å². The number of para-hydroxylation sites is 1. The van der Waals surface area contributed by atoms with Crippen LogP contribution < -0.4 is 10.1 Å². The van der Waals surface area contributed by atoms with Gasteiger partial charge in [0.15, 0.2) is 0 Å². The molecule has 2 aromatic carbocycles. The first-order chi connectivity index (χ1) is 18.8. The summed E-state index contributed by atoms with van der Waals surface area (Å²) in [5, 5.41) is 4.13. The van der Waals surface area contributed by atoms with Gasteiger partial charge in [-0.25, -0.2) is 4.79 Å². The van der Waals surface area contributed by atoms with Gasteiger partial charge in [0.05, 0.1) is 24.4 Å². The van der Waals surface area contributed by atoms with Crippen LogP contribution in [0.2, 0.25) is 0 Å². The van der Waals surface area contributed by atoms with Crippen LogP contribution in [0, 0.1) is 11.8 Å². The van der Waals surface area contributed by atoms with Gasteiger partial charge in [-0.05, 0) is 78.5 Å². The van der Waals surface area contributed by atoms with E-state index in [4.69, 9.17) is 9.47 Å². The molecule has 0 radical (unpaired) electrons. The summed E-state index contributed by atoms with van der Waals surface area (Å²) in [6, 6.07) is 14.2. The minimum atomic E-state index is -0.454. The molecule has 0 saturated carbocycles. The van der Waals surface area contributed by atoms with Gasteiger partial charge in [0.1, 0.15) is 11.9 Å². The van der Waals surface area contributed by atoms with Crippen LogP contribution in [0.25, 0.3) is 10.9 Å². The molecule has 0 spiro atoms. The van der Waals surface area contributed by atoms with E-state index in [1.807, 2.05) is 30.5 Å². The summed E-state index contributed by atoms with van der Waals surface area (Å²) < 4.78 is 12.0. The van der Waals surface area contributed by atoms with E-state index in [1.165, 1.54) is 0 Å². The molecule has 4 heterocycles. The highest BCUT2D eigenvalue weighted by atomic mass is 16.6. The van der Waals surface area contributed by atoms with Crippen LogP contribution in [0.5, 0.6) is 5.75 Å². The lowest BCUT2D eigenvalue weighted by Gasteiger charge is -2.51. The molecule has 206 valence electrons. The van der Waals surface area contributed by atoms with E-state index >= 15 is 0 Å². The van der Waals surface area contributed by atoms with E-state index in [0.717, 1.165) is 65.0 Å². The summed E-state index contributed by atoms with van der Waals surface area (Å²) in [6.07, 6.45) is 5.14. The minimum absolute atomic E-state index is 0.0763. The van der Waals surface area contributed by atoms with Crippen LogP contribution in [0.15, 0.2) is 61.3 Å². The van der Waals surface area contributed by atoms with E-state index < -0.39 is 12.2 Å². The Morgan fingerprint density at radius 1 is 1.10 bits per heavy atom. The fourth-order valence-electron chi connectivity index (χ4n) is 6.51. The van der Waals surface area contributed by atoms with Gasteiger partial charge in [-0.3, -0.25) is 15.2 Å². The molecular formula is C33H41N3O3. The Morgan fingerprint density at radius 2 is 1.85 bits per heavy atom. The Balaban J connectivity index is 1.54. The fraction of sp³-hybridized carbons (Fsp3) is 0.455. The number of carbonyl (C=O) groups excluding carboxylic acids is 1. The summed E-state index contributed by atoms with van der Waals surface area (Å²) >= 11 is 0. The molecule has 6 rings (SSSR count). The maximum atomic E-state index is 13.8. The van der Waals surface area contributed by atoms with Crippen molar-refractivity contribution in [1.82, 2.24) is 9.88 Å². The van der Waals surface area contributed by atoms with Crippen molar-refractivity contribution in [2.45, 2.75) is 64.5 Å². The Kier molecular flexibility index (Phi) is 7.94. The van der Waals surface area contributed by atoms with Crippen LogP contribution >= 0.6 is 0 Å². The fourth-order valence-corrected chi connectivity index (χ4v) is 6.51. The second-order valence-electron chi connectivity index (χ2n) is 11.6. The molecule has 6 heteroatoms. The number of rotatable bonds is 8. The Morgan fingerprint density at radius 3 is 2.46 bits per heavy atom. The zero-order valence-electron chi connectivity index (χ0n) is 23.8. The zero-order chi connectivity index (χ0) is 27.7. The summed E-state index contributed by atoms with van der Waals surface area (Å²) in [5.74, 6) is 2.31. The standard InChI is InChI=1S/C33H41N3O3/c1-7-22-19-36-16-14-23(22)17-30(36)32(27-13-15-34-29-12-11-24(38-6)18-28(27)29)39-33(37)35-31-25(20(2)3)9-8-10-26(31)21(4)5/h7-13,15,18,20-23,30,32H,1,14,16-17,19H2,2-6H3,(H,35,37)/t22-,23?,30-,32+/m0/s1. The van der Waals surface area contributed by atoms with E-state index in [1.54, 1.807) is 7.11 Å². The topological polar surface area (TPSA) is 63.7 Å². The normalized spacial score (nSPS) is 23.2. The van der Waals surface area contributed by atoms with Crippen LogP contribution in [0.4, 0.5) is 10.5 Å². The van der Waals surface area contributed by atoms with Gasteiger partial charge in [0.2, 0.25) is 0 Å². The molecule has 1 amide bonds. The highest BCUT2D eigenvalue weighted by Crippen LogP contribution is 2.44. The second-order valence-corrected chi connectivity index (χ2v) is 11.6. The number of fused-ring (bicyclic) bond motifs is 4. The van der Waals surface area contributed by atoms with E-state index in [0.29, 0.717) is 11.8 Å². The number of aromatic nitrogens is 1. The van der Waals surface area contributed by atoms with Crippen molar-refractivity contribution in [1.29, 1.82) is 0 Å². The van der Waals surface area contributed by atoms with Crippen molar-refractivity contribution in [3.05, 3.63) is 78.0 Å². The second kappa shape index (κ2) is 11.4. The van der Waals surface area contributed by atoms with E-state index in [9.17, 15) is 4.79 Å². The molecule has 5 atom stereocenters. The van der Waals surface area contributed by atoms with Crippen LogP contribution in [0.3, 0.4) is 0 Å². The van der Waals surface area contributed by atoms with Crippen molar-refractivity contribution in [2.75, 3.05) is 25.5 Å². The maximum Gasteiger partial charge on any atom is 0.412 e. The van der Waals surface area contributed by atoms with Crippen LogP contribution in [-0.2, 0) is 4.74 Å². The monoisotopic (exact) mass is 527 g/mol. The molecule has 3 fully saturated rings. The molecule has 3 aliphatic heterocycles. The lowest BCUT2D eigenvalue weighted by Crippen LogP contribution is -2.55. The average Bonchev–Trinajstić information content (AvgIpc) is 2.95. The number of amides is 1. The third-order valence-corrected chi connectivity index (χ3v) is 8.63. The first-order valence-electron chi connectivity index (χ1n) is 14.2. The number of nitrogens with one attached hydrogen (secondary N) is 1. The number of hydrogen-bond acceptors (Lipinski definition) is 5. The molecule has 2 bridgehead atoms. The Hall–Kier alpha value is -3.38. The average molecular weight is 528 g/mol. The highest BCUT2D eigenvalue weighted by Gasteiger charge is 2.44. The van der Waals surface area contributed by atoms with Gasteiger partial charge in [-0.1, -0.05) is 52.0 Å². The SMILES string of the molecule is C=C[C@H]1CN2CCC1C[C@H]2[C@H](OC(=O)Nc1c(C(C)C)cccc1C(C)C)c1ccnc2ccc(OC)cc12. The molecule has 3 aliphatic rings. The molecule has 2 unspecified atom stereocenters. The molecular weight excluding hydrogens is 486 g/mol.